The van der Waals surface area contributed by atoms with Gasteiger partial charge in [-0.1, -0.05) is 17.7 Å². The molecule has 0 unspecified atom stereocenters. The summed E-state index contributed by atoms with van der Waals surface area (Å²) >= 11 is 6.07. The van der Waals surface area contributed by atoms with Gasteiger partial charge in [0.05, 0.1) is 0 Å². The second-order valence-corrected chi connectivity index (χ2v) is 5.81. The van der Waals surface area contributed by atoms with Gasteiger partial charge in [0, 0.05) is 17.5 Å². The molecule has 2 nitrogen and oxygen atoms in total. The molecular weight excluding hydrogens is 246 g/mol. The van der Waals surface area contributed by atoms with Crippen LogP contribution in [-0.2, 0) is 0 Å². The molecular formula is C15H20ClNO. The first-order valence-corrected chi connectivity index (χ1v) is 7.07. The lowest BCUT2D eigenvalue weighted by Crippen LogP contribution is -2.31. The van der Waals surface area contributed by atoms with E-state index in [9.17, 15) is 4.79 Å². The quantitative estimate of drug-likeness (QED) is 0.833. The molecule has 1 amide bonds. The van der Waals surface area contributed by atoms with Crippen molar-refractivity contribution in [1.29, 1.82) is 0 Å². The molecule has 1 fully saturated rings. The van der Waals surface area contributed by atoms with Crippen LogP contribution < -0.4 is 5.32 Å². The average Bonchev–Trinajstić information content (AvgIpc) is 2.38. The predicted molar refractivity (Wildman–Crippen MR) is 75.1 cm³/mol. The third-order valence-electron chi connectivity index (χ3n) is 3.64. The number of hydrogen-bond acceptors (Lipinski definition) is 1. The molecule has 1 aromatic carbocycles. The van der Waals surface area contributed by atoms with Crippen molar-refractivity contribution in [2.75, 3.05) is 6.54 Å². The first-order chi connectivity index (χ1) is 8.65. The second-order valence-electron chi connectivity index (χ2n) is 5.19. The van der Waals surface area contributed by atoms with Gasteiger partial charge in [-0.3, -0.25) is 4.79 Å². The Balaban J connectivity index is 1.79. The summed E-state index contributed by atoms with van der Waals surface area (Å²) in [6, 6.07) is 7.68. The van der Waals surface area contributed by atoms with E-state index in [0.29, 0.717) is 11.3 Å². The fourth-order valence-corrected chi connectivity index (χ4v) is 2.62. The minimum atomic E-state index is 0.0306. The van der Waals surface area contributed by atoms with Crippen LogP contribution in [0.4, 0.5) is 0 Å². The number of carbonyl (C=O) groups excluding carboxylic acids is 1. The van der Waals surface area contributed by atoms with Gasteiger partial charge in [0.25, 0.3) is 5.91 Å². The zero-order chi connectivity index (χ0) is 13.0. The number of amides is 1. The lowest BCUT2D eigenvalue weighted by atomic mass is 9.89. The zero-order valence-electron chi connectivity index (χ0n) is 10.8. The molecule has 1 saturated carbocycles. The van der Waals surface area contributed by atoms with Gasteiger partial charge in [0.2, 0.25) is 0 Å². The van der Waals surface area contributed by atoms with Gasteiger partial charge < -0.3 is 5.32 Å². The minimum Gasteiger partial charge on any atom is -0.352 e. The molecule has 1 N–H and O–H groups in total. The maximum atomic E-state index is 11.9. The van der Waals surface area contributed by atoms with Crippen LogP contribution in [0.15, 0.2) is 24.3 Å². The Morgan fingerprint density at radius 1 is 1.22 bits per heavy atom. The van der Waals surface area contributed by atoms with E-state index in [1.165, 1.54) is 5.56 Å². The third kappa shape index (κ3) is 3.74. The summed E-state index contributed by atoms with van der Waals surface area (Å²) in [5.74, 6) is 0.623. The van der Waals surface area contributed by atoms with Crippen LogP contribution in [0.5, 0.6) is 0 Å². The molecule has 0 aliphatic heterocycles. The number of aryl methyl sites for hydroxylation is 1. The Bertz CT molecular complexity index is 393. The standard InChI is InChI=1S/C15H20ClNO/c1-11-2-6-13(7-3-11)15(18)17-10-12-4-8-14(16)9-5-12/h2-3,6-7,12,14H,4-5,8-10H2,1H3,(H,17,18). The van der Waals surface area contributed by atoms with Crippen molar-refractivity contribution in [3.8, 4) is 0 Å². The summed E-state index contributed by atoms with van der Waals surface area (Å²) in [4.78, 5) is 11.9. The lowest BCUT2D eigenvalue weighted by Gasteiger charge is -2.25. The lowest BCUT2D eigenvalue weighted by molar-refractivity contribution is 0.0944. The highest BCUT2D eigenvalue weighted by Crippen LogP contribution is 2.26. The monoisotopic (exact) mass is 265 g/mol. The summed E-state index contributed by atoms with van der Waals surface area (Å²) in [7, 11) is 0. The smallest absolute Gasteiger partial charge is 0.251 e. The van der Waals surface area contributed by atoms with E-state index in [0.717, 1.165) is 37.8 Å². The number of benzene rings is 1. The summed E-state index contributed by atoms with van der Waals surface area (Å²) < 4.78 is 0. The number of alkyl halides is 1. The predicted octanol–water partition coefficient (Wildman–Crippen LogP) is 3.52. The third-order valence-corrected chi connectivity index (χ3v) is 4.08. The molecule has 0 saturated heterocycles. The van der Waals surface area contributed by atoms with Crippen LogP contribution in [0.1, 0.15) is 41.6 Å². The Morgan fingerprint density at radius 3 is 2.44 bits per heavy atom. The van der Waals surface area contributed by atoms with Gasteiger partial charge in [-0.15, -0.1) is 11.6 Å². The van der Waals surface area contributed by atoms with Crippen molar-refractivity contribution in [2.24, 2.45) is 5.92 Å². The SMILES string of the molecule is Cc1ccc(C(=O)NCC2CCC(Cl)CC2)cc1. The normalized spacial score (nSPS) is 23.7. The van der Waals surface area contributed by atoms with Crippen molar-refractivity contribution in [1.82, 2.24) is 5.32 Å². The highest BCUT2D eigenvalue weighted by atomic mass is 35.5. The molecule has 2 rings (SSSR count). The molecule has 0 atom stereocenters. The fourth-order valence-electron chi connectivity index (χ4n) is 2.37. The minimum absolute atomic E-state index is 0.0306. The van der Waals surface area contributed by atoms with E-state index in [1.807, 2.05) is 31.2 Å². The Morgan fingerprint density at radius 2 is 1.83 bits per heavy atom. The molecule has 3 heteroatoms. The van der Waals surface area contributed by atoms with Gasteiger partial charge in [-0.2, -0.15) is 0 Å². The van der Waals surface area contributed by atoms with Gasteiger partial charge >= 0.3 is 0 Å². The number of halogens is 1. The number of carbonyl (C=O) groups is 1. The molecule has 0 heterocycles. The van der Waals surface area contributed by atoms with Crippen LogP contribution >= 0.6 is 11.6 Å². The van der Waals surface area contributed by atoms with Crippen molar-refractivity contribution in [3.63, 3.8) is 0 Å². The Kier molecular flexibility index (Phi) is 4.65. The molecule has 18 heavy (non-hydrogen) atoms. The highest BCUT2D eigenvalue weighted by molar-refractivity contribution is 6.20. The van der Waals surface area contributed by atoms with E-state index in [-0.39, 0.29) is 5.91 Å². The van der Waals surface area contributed by atoms with Crippen LogP contribution in [0.25, 0.3) is 0 Å². The summed E-state index contributed by atoms with van der Waals surface area (Å²) in [5.41, 5.74) is 1.92. The van der Waals surface area contributed by atoms with Gasteiger partial charge in [-0.05, 0) is 50.7 Å². The highest BCUT2D eigenvalue weighted by Gasteiger charge is 2.19. The zero-order valence-corrected chi connectivity index (χ0v) is 11.5. The van der Waals surface area contributed by atoms with E-state index >= 15 is 0 Å². The van der Waals surface area contributed by atoms with Gasteiger partial charge in [0.15, 0.2) is 0 Å². The molecule has 0 spiro atoms. The fraction of sp³-hybridized carbons (Fsp3) is 0.533. The van der Waals surface area contributed by atoms with E-state index in [1.54, 1.807) is 0 Å². The van der Waals surface area contributed by atoms with E-state index in [4.69, 9.17) is 11.6 Å². The van der Waals surface area contributed by atoms with Gasteiger partial charge in [-0.25, -0.2) is 0 Å². The first kappa shape index (κ1) is 13.4. The molecule has 0 bridgehead atoms. The largest absolute Gasteiger partial charge is 0.352 e. The number of nitrogens with one attached hydrogen (secondary N) is 1. The second kappa shape index (κ2) is 6.24. The molecule has 98 valence electrons. The van der Waals surface area contributed by atoms with Crippen LogP contribution in [-0.4, -0.2) is 17.8 Å². The maximum absolute atomic E-state index is 11.9. The molecule has 1 aliphatic rings. The number of rotatable bonds is 3. The summed E-state index contributed by atoms with van der Waals surface area (Å²) in [6.07, 6.45) is 4.41. The van der Waals surface area contributed by atoms with Crippen molar-refractivity contribution in [2.45, 2.75) is 38.0 Å². The Hall–Kier alpha value is -1.02. The van der Waals surface area contributed by atoms with Crippen molar-refractivity contribution in [3.05, 3.63) is 35.4 Å². The van der Waals surface area contributed by atoms with Crippen LogP contribution in [0.3, 0.4) is 0 Å². The number of hydrogen-bond donors (Lipinski definition) is 1. The summed E-state index contributed by atoms with van der Waals surface area (Å²) in [5, 5.41) is 3.36. The van der Waals surface area contributed by atoms with Crippen LogP contribution in [0, 0.1) is 12.8 Å². The Labute approximate surface area is 114 Å². The van der Waals surface area contributed by atoms with Crippen molar-refractivity contribution >= 4 is 17.5 Å². The van der Waals surface area contributed by atoms with Crippen molar-refractivity contribution < 1.29 is 4.79 Å². The molecule has 0 radical (unpaired) electrons. The average molecular weight is 266 g/mol. The van der Waals surface area contributed by atoms with Gasteiger partial charge in [0.1, 0.15) is 0 Å². The topological polar surface area (TPSA) is 29.1 Å². The van der Waals surface area contributed by atoms with E-state index < -0.39 is 0 Å². The maximum Gasteiger partial charge on any atom is 0.251 e. The summed E-state index contributed by atoms with van der Waals surface area (Å²) in [6.45, 7) is 2.79. The molecule has 1 aromatic rings. The van der Waals surface area contributed by atoms with E-state index in [2.05, 4.69) is 5.32 Å². The molecule has 1 aliphatic carbocycles. The molecule has 0 aromatic heterocycles. The first-order valence-electron chi connectivity index (χ1n) is 6.64. The van der Waals surface area contributed by atoms with Crippen LogP contribution in [0.2, 0.25) is 0 Å².